The van der Waals surface area contributed by atoms with E-state index in [1.54, 1.807) is 43.1 Å². The maximum Gasteiger partial charge on any atom is 0.242 e. The maximum atomic E-state index is 12.9. The molecular formula is C23H30N4O3. The monoisotopic (exact) mass is 410 g/mol. The topological polar surface area (TPSA) is 74.8 Å². The van der Waals surface area contributed by atoms with Gasteiger partial charge in [-0.15, -0.1) is 0 Å². The number of fused-ring (bicyclic) bond motifs is 1. The van der Waals surface area contributed by atoms with Crippen LogP contribution < -0.4 is 19.9 Å². The van der Waals surface area contributed by atoms with E-state index in [-0.39, 0.29) is 11.8 Å². The third kappa shape index (κ3) is 4.46. The van der Waals surface area contributed by atoms with Gasteiger partial charge in [-0.3, -0.25) is 14.6 Å². The van der Waals surface area contributed by atoms with Crippen molar-refractivity contribution in [2.75, 3.05) is 36.5 Å². The summed E-state index contributed by atoms with van der Waals surface area (Å²) in [4.78, 5) is 33.0. The molecule has 1 aliphatic rings. The zero-order valence-electron chi connectivity index (χ0n) is 18.1. The molecule has 0 aliphatic carbocycles. The minimum Gasteiger partial charge on any atom is -0.493 e. The Kier molecular flexibility index (Phi) is 6.72. The number of carbonyl (C=O) groups excluding carboxylic acids is 2. The van der Waals surface area contributed by atoms with Crippen LogP contribution in [0.2, 0.25) is 0 Å². The number of aromatic nitrogens is 1. The van der Waals surface area contributed by atoms with Crippen LogP contribution in [0.5, 0.6) is 5.75 Å². The van der Waals surface area contributed by atoms with E-state index in [2.05, 4.69) is 10.3 Å². The van der Waals surface area contributed by atoms with Gasteiger partial charge in [-0.2, -0.15) is 0 Å². The van der Waals surface area contributed by atoms with Gasteiger partial charge in [0.25, 0.3) is 0 Å². The van der Waals surface area contributed by atoms with E-state index in [1.807, 2.05) is 37.3 Å². The average Bonchev–Trinajstić information content (AvgIpc) is 2.80. The predicted octanol–water partition coefficient (Wildman–Crippen LogP) is 3.00. The van der Waals surface area contributed by atoms with Crippen LogP contribution in [-0.4, -0.2) is 43.5 Å². The van der Waals surface area contributed by atoms with Gasteiger partial charge < -0.3 is 19.9 Å². The number of rotatable bonds is 8. The van der Waals surface area contributed by atoms with Crippen molar-refractivity contribution in [2.45, 2.75) is 33.7 Å². The Morgan fingerprint density at radius 1 is 1.07 bits per heavy atom. The van der Waals surface area contributed by atoms with Crippen LogP contribution >= 0.6 is 0 Å². The van der Waals surface area contributed by atoms with E-state index in [4.69, 9.17) is 4.74 Å². The molecule has 0 saturated heterocycles. The molecule has 2 aromatic rings. The molecule has 30 heavy (non-hydrogen) atoms. The van der Waals surface area contributed by atoms with Crippen molar-refractivity contribution in [3.63, 3.8) is 0 Å². The van der Waals surface area contributed by atoms with Crippen LogP contribution in [0.25, 0.3) is 0 Å². The standard InChI is InChI=1S/C23H30N4O3/c1-5-27-19-8-7-18(15-20(19)26(4)21(28)23(2,3)22(27)29)30-14-6-11-25-16-17-9-12-24-13-10-17/h7-10,12-13,15,25H,5-6,11,14,16H2,1-4H3. The maximum absolute atomic E-state index is 12.9. The highest BCUT2D eigenvalue weighted by molar-refractivity contribution is 6.20. The minimum atomic E-state index is -1.11. The summed E-state index contributed by atoms with van der Waals surface area (Å²) in [6.45, 7) is 7.96. The molecule has 2 heterocycles. The Morgan fingerprint density at radius 2 is 1.80 bits per heavy atom. The fourth-order valence-electron chi connectivity index (χ4n) is 3.59. The number of hydrogen-bond donors (Lipinski definition) is 1. The van der Waals surface area contributed by atoms with Gasteiger partial charge in [0.15, 0.2) is 0 Å². The summed E-state index contributed by atoms with van der Waals surface area (Å²) < 4.78 is 5.91. The largest absolute Gasteiger partial charge is 0.493 e. The lowest BCUT2D eigenvalue weighted by Gasteiger charge is -2.27. The predicted molar refractivity (Wildman–Crippen MR) is 118 cm³/mol. The van der Waals surface area contributed by atoms with Gasteiger partial charge in [0.2, 0.25) is 11.8 Å². The summed E-state index contributed by atoms with van der Waals surface area (Å²) in [6, 6.07) is 9.54. The fourth-order valence-corrected chi connectivity index (χ4v) is 3.59. The first kappa shape index (κ1) is 21.8. The Morgan fingerprint density at radius 3 is 2.50 bits per heavy atom. The number of carbonyl (C=O) groups is 2. The van der Waals surface area contributed by atoms with Gasteiger partial charge in [0.05, 0.1) is 18.0 Å². The second-order valence-corrected chi connectivity index (χ2v) is 7.92. The number of ether oxygens (including phenoxy) is 1. The summed E-state index contributed by atoms with van der Waals surface area (Å²) in [6.07, 6.45) is 4.42. The number of hydrogen-bond acceptors (Lipinski definition) is 5. The number of pyridine rings is 1. The molecule has 0 unspecified atom stereocenters. The molecule has 0 saturated carbocycles. The molecule has 1 aromatic heterocycles. The number of anilines is 2. The molecule has 1 aliphatic heterocycles. The molecule has 0 bridgehead atoms. The molecule has 0 atom stereocenters. The van der Waals surface area contributed by atoms with Crippen molar-refractivity contribution in [1.82, 2.24) is 10.3 Å². The first-order valence-corrected chi connectivity index (χ1v) is 10.3. The SMILES string of the molecule is CCN1C(=O)C(C)(C)C(=O)N(C)c2cc(OCCCNCc3ccncc3)ccc21. The van der Waals surface area contributed by atoms with E-state index in [0.717, 1.165) is 25.2 Å². The van der Waals surface area contributed by atoms with Crippen molar-refractivity contribution in [1.29, 1.82) is 0 Å². The molecule has 1 N–H and O–H groups in total. The van der Waals surface area contributed by atoms with Crippen molar-refractivity contribution in [3.05, 3.63) is 48.3 Å². The quantitative estimate of drug-likeness (QED) is 0.535. The first-order valence-electron chi connectivity index (χ1n) is 10.3. The van der Waals surface area contributed by atoms with Gasteiger partial charge in [0.1, 0.15) is 11.2 Å². The first-order chi connectivity index (χ1) is 14.4. The third-order valence-electron chi connectivity index (χ3n) is 5.38. The Labute approximate surface area is 178 Å². The highest BCUT2D eigenvalue weighted by atomic mass is 16.5. The van der Waals surface area contributed by atoms with Gasteiger partial charge in [-0.25, -0.2) is 0 Å². The number of amides is 2. The van der Waals surface area contributed by atoms with Crippen molar-refractivity contribution < 1.29 is 14.3 Å². The summed E-state index contributed by atoms with van der Waals surface area (Å²) in [5.41, 5.74) is 1.51. The Bertz CT molecular complexity index is 899. The van der Waals surface area contributed by atoms with Gasteiger partial charge in [-0.1, -0.05) is 0 Å². The normalized spacial score (nSPS) is 15.7. The summed E-state index contributed by atoms with van der Waals surface area (Å²) in [5.74, 6) is 0.280. The van der Waals surface area contributed by atoms with Gasteiger partial charge >= 0.3 is 0 Å². The second kappa shape index (κ2) is 9.26. The second-order valence-electron chi connectivity index (χ2n) is 7.92. The van der Waals surface area contributed by atoms with E-state index in [9.17, 15) is 9.59 Å². The molecule has 2 amide bonds. The summed E-state index contributed by atoms with van der Waals surface area (Å²) >= 11 is 0. The lowest BCUT2D eigenvalue weighted by molar-refractivity contribution is -0.137. The lowest BCUT2D eigenvalue weighted by Crippen LogP contribution is -2.47. The molecule has 7 heteroatoms. The van der Waals surface area contributed by atoms with Crippen LogP contribution in [0.15, 0.2) is 42.7 Å². The molecular weight excluding hydrogens is 380 g/mol. The minimum absolute atomic E-state index is 0.186. The van der Waals surface area contributed by atoms with Gasteiger partial charge in [0, 0.05) is 38.6 Å². The molecule has 0 spiro atoms. The van der Waals surface area contributed by atoms with Crippen LogP contribution in [0.1, 0.15) is 32.8 Å². The zero-order chi connectivity index (χ0) is 21.7. The molecule has 1 aromatic carbocycles. The number of nitrogens with one attached hydrogen (secondary N) is 1. The summed E-state index contributed by atoms with van der Waals surface area (Å²) in [5, 5.41) is 3.38. The average molecular weight is 411 g/mol. The zero-order valence-corrected chi connectivity index (χ0v) is 18.1. The smallest absolute Gasteiger partial charge is 0.242 e. The summed E-state index contributed by atoms with van der Waals surface area (Å²) in [7, 11) is 1.71. The van der Waals surface area contributed by atoms with Crippen LogP contribution in [0.3, 0.4) is 0 Å². The van der Waals surface area contributed by atoms with E-state index >= 15 is 0 Å². The Balaban J connectivity index is 1.62. The molecule has 0 radical (unpaired) electrons. The van der Waals surface area contributed by atoms with Crippen LogP contribution in [-0.2, 0) is 16.1 Å². The molecule has 7 nitrogen and oxygen atoms in total. The molecule has 160 valence electrons. The lowest BCUT2D eigenvalue weighted by atomic mass is 9.90. The number of benzene rings is 1. The van der Waals surface area contributed by atoms with E-state index in [1.165, 1.54) is 5.56 Å². The van der Waals surface area contributed by atoms with Crippen LogP contribution in [0, 0.1) is 5.41 Å². The number of nitrogens with zero attached hydrogens (tertiary/aromatic N) is 3. The highest BCUT2D eigenvalue weighted by Crippen LogP contribution is 2.40. The Hall–Kier alpha value is -2.93. The van der Waals surface area contributed by atoms with Crippen molar-refractivity contribution in [2.24, 2.45) is 5.41 Å². The fraction of sp³-hybridized carbons (Fsp3) is 0.435. The molecule has 0 fully saturated rings. The van der Waals surface area contributed by atoms with E-state index < -0.39 is 5.41 Å². The van der Waals surface area contributed by atoms with Gasteiger partial charge in [-0.05, 0) is 63.6 Å². The third-order valence-corrected chi connectivity index (χ3v) is 5.38. The van der Waals surface area contributed by atoms with Crippen molar-refractivity contribution >= 4 is 23.2 Å². The van der Waals surface area contributed by atoms with Crippen LogP contribution in [0.4, 0.5) is 11.4 Å². The van der Waals surface area contributed by atoms with Crippen molar-refractivity contribution in [3.8, 4) is 5.75 Å². The highest BCUT2D eigenvalue weighted by Gasteiger charge is 2.45. The van der Waals surface area contributed by atoms with E-state index in [0.29, 0.717) is 24.6 Å². The molecule has 3 rings (SSSR count).